The molecule has 112 valence electrons. The van der Waals surface area contributed by atoms with Crippen LogP contribution in [0.25, 0.3) is 11.0 Å². The van der Waals surface area contributed by atoms with Crippen molar-refractivity contribution in [1.82, 2.24) is 14.1 Å². The Morgan fingerprint density at radius 3 is 2.86 bits per heavy atom. The maximum Gasteiger partial charge on any atom is 0.319 e. The number of anilines is 1. The summed E-state index contributed by atoms with van der Waals surface area (Å²) in [5, 5.41) is 14.3. The van der Waals surface area contributed by atoms with E-state index in [2.05, 4.69) is 19.4 Å². The number of urea groups is 1. The zero-order valence-electron chi connectivity index (χ0n) is 11.1. The van der Waals surface area contributed by atoms with Crippen molar-refractivity contribution in [3.63, 3.8) is 0 Å². The fraction of sp³-hybridized carbons (Fsp3) is 0.333. The third-order valence-electron chi connectivity index (χ3n) is 2.86. The molecule has 7 nitrogen and oxygen atoms in total. The highest BCUT2D eigenvalue weighted by Crippen LogP contribution is 2.29. The highest BCUT2D eigenvalue weighted by molar-refractivity contribution is 7.00. The maximum atomic E-state index is 12.0. The number of carboxylic acids is 1. The number of carboxylic acid groups (broad SMARTS) is 1. The highest BCUT2D eigenvalue weighted by atomic mass is 35.5. The number of fused-ring (bicyclic) bond motifs is 1. The standard InChI is InChI=1S/C12H13ClN4O3S/c1-2-6(5-9(18)19)14-12(20)15-10-7(13)3-4-8-11(10)17-21-16-8/h3-4,6H,2,5H2,1H3,(H,18,19)(H2,14,15,20). The molecule has 0 aliphatic rings. The summed E-state index contributed by atoms with van der Waals surface area (Å²) in [5.41, 5.74) is 1.51. The van der Waals surface area contributed by atoms with Crippen LogP contribution in [0.5, 0.6) is 0 Å². The Kier molecular flexibility index (Phi) is 4.92. The van der Waals surface area contributed by atoms with Crippen molar-refractivity contribution in [2.45, 2.75) is 25.8 Å². The second kappa shape index (κ2) is 6.68. The van der Waals surface area contributed by atoms with Crippen LogP contribution < -0.4 is 10.6 Å². The Morgan fingerprint density at radius 1 is 1.43 bits per heavy atom. The van der Waals surface area contributed by atoms with E-state index in [1.807, 2.05) is 0 Å². The predicted octanol–water partition coefficient (Wildman–Crippen LogP) is 2.72. The Labute approximate surface area is 129 Å². The van der Waals surface area contributed by atoms with E-state index in [4.69, 9.17) is 16.7 Å². The predicted molar refractivity (Wildman–Crippen MR) is 80.9 cm³/mol. The summed E-state index contributed by atoms with van der Waals surface area (Å²) in [6.45, 7) is 1.80. The Hall–Kier alpha value is -1.93. The van der Waals surface area contributed by atoms with Crippen LogP contribution in [0.3, 0.4) is 0 Å². The lowest BCUT2D eigenvalue weighted by molar-refractivity contribution is -0.137. The van der Waals surface area contributed by atoms with Gasteiger partial charge in [0.1, 0.15) is 11.0 Å². The molecule has 9 heteroatoms. The zero-order chi connectivity index (χ0) is 15.4. The first-order valence-corrected chi connectivity index (χ1v) is 7.32. The van der Waals surface area contributed by atoms with E-state index in [1.54, 1.807) is 19.1 Å². The van der Waals surface area contributed by atoms with Gasteiger partial charge in [0.05, 0.1) is 28.9 Å². The van der Waals surface area contributed by atoms with Gasteiger partial charge in [0.2, 0.25) is 0 Å². The number of nitrogens with one attached hydrogen (secondary N) is 2. The number of hydrogen-bond donors (Lipinski definition) is 3. The van der Waals surface area contributed by atoms with Crippen molar-refractivity contribution in [3.8, 4) is 0 Å². The minimum Gasteiger partial charge on any atom is -0.481 e. The van der Waals surface area contributed by atoms with Gasteiger partial charge >= 0.3 is 12.0 Å². The highest BCUT2D eigenvalue weighted by Gasteiger charge is 2.17. The lowest BCUT2D eigenvalue weighted by Gasteiger charge is -2.16. The second-order valence-electron chi connectivity index (χ2n) is 4.36. The monoisotopic (exact) mass is 328 g/mol. The third-order valence-corrected chi connectivity index (χ3v) is 3.72. The average Bonchev–Trinajstić information content (AvgIpc) is 2.89. The summed E-state index contributed by atoms with van der Waals surface area (Å²) < 4.78 is 8.16. The van der Waals surface area contributed by atoms with Gasteiger partial charge in [-0.25, -0.2) is 4.79 Å². The van der Waals surface area contributed by atoms with Gasteiger partial charge in [0.25, 0.3) is 0 Å². The van der Waals surface area contributed by atoms with E-state index in [0.29, 0.717) is 28.2 Å². The molecule has 0 spiro atoms. The number of hydrogen-bond acceptors (Lipinski definition) is 5. The van der Waals surface area contributed by atoms with Crippen molar-refractivity contribution in [1.29, 1.82) is 0 Å². The minimum atomic E-state index is -0.967. The first-order valence-electron chi connectivity index (χ1n) is 6.21. The number of nitrogens with zero attached hydrogens (tertiary/aromatic N) is 2. The van der Waals surface area contributed by atoms with Crippen LogP contribution in [0, 0.1) is 0 Å². The number of rotatable bonds is 5. The molecule has 1 atom stereocenters. The number of aliphatic carboxylic acids is 1. The Morgan fingerprint density at radius 2 is 2.19 bits per heavy atom. The quantitative estimate of drug-likeness (QED) is 0.782. The van der Waals surface area contributed by atoms with Gasteiger partial charge in [0, 0.05) is 6.04 Å². The number of benzene rings is 1. The molecule has 3 N–H and O–H groups in total. The molecule has 0 fully saturated rings. The van der Waals surface area contributed by atoms with Crippen LogP contribution in [-0.2, 0) is 4.79 Å². The van der Waals surface area contributed by atoms with Crippen molar-refractivity contribution in [2.75, 3.05) is 5.32 Å². The molecule has 1 unspecified atom stereocenters. The van der Waals surface area contributed by atoms with Gasteiger partial charge in [-0.1, -0.05) is 18.5 Å². The van der Waals surface area contributed by atoms with Crippen LogP contribution in [0.15, 0.2) is 12.1 Å². The fourth-order valence-electron chi connectivity index (χ4n) is 1.79. The molecule has 2 aromatic rings. The summed E-state index contributed by atoms with van der Waals surface area (Å²) >= 11 is 7.08. The molecule has 0 saturated carbocycles. The first kappa shape index (κ1) is 15.5. The molecule has 0 aliphatic carbocycles. The summed E-state index contributed by atoms with van der Waals surface area (Å²) in [4.78, 5) is 22.7. The van der Waals surface area contributed by atoms with Gasteiger partial charge in [-0.2, -0.15) is 8.75 Å². The van der Waals surface area contributed by atoms with E-state index < -0.39 is 18.0 Å². The van der Waals surface area contributed by atoms with Crippen LogP contribution in [0.1, 0.15) is 19.8 Å². The summed E-state index contributed by atoms with van der Waals surface area (Å²) in [5.74, 6) is -0.967. The number of halogens is 1. The van der Waals surface area contributed by atoms with E-state index in [1.165, 1.54) is 0 Å². The molecule has 21 heavy (non-hydrogen) atoms. The molecule has 0 saturated heterocycles. The summed E-state index contributed by atoms with van der Waals surface area (Å²) in [6.07, 6.45) is 0.371. The maximum absolute atomic E-state index is 12.0. The molecule has 0 radical (unpaired) electrons. The number of carbonyl (C=O) groups is 2. The van der Waals surface area contributed by atoms with Crippen LogP contribution in [0.4, 0.5) is 10.5 Å². The number of carbonyl (C=O) groups excluding carboxylic acids is 1. The lowest BCUT2D eigenvalue weighted by atomic mass is 10.1. The van der Waals surface area contributed by atoms with E-state index in [9.17, 15) is 9.59 Å². The zero-order valence-corrected chi connectivity index (χ0v) is 12.7. The van der Waals surface area contributed by atoms with Gasteiger partial charge in [-0.3, -0.25) is 4.79 Å². The van der Waals surface area contributed by atoms with Crippen LogP contribution in [-0.4, -0.2) is 31.9 Å². The Balaban J connectivity index is 2.12. The molecular weight excluding hydrogens is 316 g/mol. The van der Waals surface area contributed by atoms with E-state index in [-0.39, 0.29) is 6.42 Å². The van der Waals surface area contributed by atoms with Crippen LogP contribution in [0.2, 0.25) is 5.02 Å². The largest absolute Gasteiger partial charge is 0.481 e. The molecule has 1 aromatic carbocycles. The number of aromatic nitrogens is 2. The third kappa shape index (κ3) is 3.79. The smallest absolute Gasteiger partial charge is 0.319 e. The Bertz CT molecular complexity index is 676. The molecule has 1 heterocycles. The van der Waals surface area contributed by atoms with Crippen LogP contribution >= 0.6 is 23.3 Å². The molecular formula is C12H13ClN4O3S. The average molecular weight is 329 g/mol. The van der Waals surface area contributed by atoms with Crippen molar-refractivity contribution < 1.29 is 14.7 Å². The van der Waals surface area contributed by atoms with Gasteiger partial charge in [0.15, 0.2) is 0 Å². The first-order chi connectivity index (χ1) is 10.0. The molecule has 2 amide bonds. The molecule has 1 aromatic heterocycles. The lowest BCUT2D eigenvalue weighted by Crippen LogP contribution is -2.39. The molecule has 0 bridgehead atoms. The number of amides is 2. The minimum absolute atomic E-state index is 0.139. The SMILES string of the molecule is CCC(CC(=O)O)NC(=O)Nc1c(Cl)ccc2nsnc12. The van der Waals surface area contributed by atoms with E-state index in [0.717, 1.165) is 11.7 Å². The van der Waals surface area contributed by atoms with Gasteiger partial charge in [-0.15, -0.1) is 0 Å². The van der Waals surface area contributed by atoms with Crippen molar-refractivity contribution in [2.24, 2.45) is 0 Å². The van der Waals surface area contributed by atoms with E-state index >= 15 is 0 Å². The second-order valence-corrected chi connectivity index (χ2v) is 5.29. The molecule has 2 rings (SSSR count). The topological polar surface area (TPSA) is 104 Å². The van der Waals surface area contributed by atoms with Crippen molar-refractivity contribution in [3.05, 3.63) is 17.2 Å². The fourth-order valence-corrected chi connectivity index (χ4v) is 2.53. The summed E-state index contributed by atoms with van der Waals surface area (Å²) in [7, 11) is 0. The van der Waals surface area contributed by atoms with Crippen molar-refractivity contribution >= 4 is 52.1 Å². The van der Waals surface area contributed by atoms with Gasteiger partial charge < -0.3 is 15.7 Å². The van der Waals surface area contributed by atoms with Gasteiger partial charge in [-0.05, 0) is 18.6 Å². The summed E-state index contributed by atoms with van der Waals surface area (Å²) in [6, 6.07) is 2.36. The normalized spacial score (nSPS) is 12.1. The molecule has 0 aliphatic heterocycles.